The van der Waals surface area contributed by atoms with E-state index in [0.29, 0.717) is 18.8 Å². The number of imidazole rings is 1. The lowest BCUT2D eigenvalue weighted by Crippen LogP contribution is -2.50. The van der Waals surface area contributed by atoms with Crippen molar-refractivity contribution in [2.24, 2.45) is 7.05 Å². The third-order valence-electron chi connectivity index (χ3n) is 4.46. The van der Waals surface area contributed by atoms with Crippen molar-refractivity contribution in [3.8, 4) is 0 Å². The molecular weight excluding hydrogens is 320 g/mol. The Morgan fingerprint density at radius 1 is 1.36 bits per heavy atom. The van der Waals surface area contributed by atoms with E-state index in [1.165, 1.54) is 6.20 Å². The summed E-state index contributed by atoms with van der Waals surface area (Å²) in [6.07, 6.45) is 6.62. The van der Waals surface area contributed by atoms with Gasteiger partial charge in [0.05, 0.1) is 30.6 Å². The molecule has 1 amide bonds. The summed E-state index contributed by atoms with van der Waals surface area (Å²) in [7, 11) is 1.97. The average molecular weight is 344 g/mol. The van der Waals surface area contributed by atoms with Gasteiger partial charge in [-0.15, -0.1) is 0 Å². The van der Waals surface area contributed by atoms with E-state index in [-0.39, 0.29) is 18.1 Å². The Morgan fingerprint density at radius 3 is 2.84 bits per heavy atom. The van der Waals surface area contributed by atoms with Crippen molar-refractivity contribution in [2.75, 3.05) is 26.2 Å². The van der Waals surface area contributed by atoms with Gasteiger partial charge in [0.2, 0.25) is 0 Å². The van der Waals surface area contributed by atoms with Crippen LogP contribution in [-0.2, 0) is 11.8 Å². The van der Waals surface area contributed by atoms with Gasteiger partial charge < -0.3 is 14.6 Å². The second kappa shape index (κ2) is 7.71. The topological polar surface area (TPSA) is 85.2 Å². The molecule has 0 aliphatic carbocycles. The molecule has 1 saturated heterocycles. The van der Waals surface area contributed by atoms with Crippen LogP contribution in [0.2, 0.25) is 0 Å². The van der Waals surface area contributed by atoms with Gasteiger partial charge in [-0.1, -0.05) is 6.92 Å². The molecule has 2 atom stereocenters. The molecular formula is C17H24N6O2. The van der Waals surface area contributed by atoms with Gasteiger partial charge in [-0.05, 0) is 13.5 Å². The van der Waals surface area contributed by atoms with Crippen molar-refractivity contribution in [3.05, 3.63) is 42.0 Å². The zero-order chi connectivity index (χ0) is 17.8. The van der Waals surface area contributed by atoms with Crippen LogP contribution in [0.15, 0.2) is 24.8 Å². The van der Waals surface area contributed by atoms with Crippen molar-refractivity contribution in [1.29, 1.82) is 0 Å². The molecule has 0 spiro atoms. The molecule has 2 aromatic heterocycles. The quantitative estimate of drug-likeness (QED) is 0.860. The number of hydrogen-bond acceptors (Lipinski definition) is 6. The van der Waals surface area contributed by atoms with Gasteiger partial charge in [-0.25, -0.2) is 9.97 Å². The monoisotopic (exact) mass is 344 g/mol. The van der Waals surface area contributed by atoms with Crippen molar-refractivity contribution in [3.63, 3.8) is 0 Å². The summed E-state index contributed by atoms with van der Waals surface area (Å²) in [5, 5.41) is 2.91. The van der Waals surface area contributed by atoms with E-state index in [4.69, 9.17) is 4.74 Å². The minimum atomic E-state index is -0.247. The number of carbonyl (C=O) groups excluding carboxylic acids is 1. The first kappa shape index (κ1) is 17.5. The number of rotatable bonds is 5. The molecule has 8 heteroatoms. The highest BCUT2D eigenvalue weighted by Crippen LogP contribution is 2.27. The molecule has 2 aromatic rings. The molecule has 0 radical (unpaired) electrons. The molecule has 25 heavy (non-hydrogen) atoms. The average Bonchev–Trinajstić information content (AvgIpc) is 3.05. The van der Waals surface area contributed by atoms with E-state index >= 15 is 0 Å². The van der Waals surface area contributed by atoms with Crippen LogP contribution in [0.3, 0.4) is 0 Å². The number of hydrogen-bond donors (Lipinski definition) is 1. The summed E-state index contributed by atoms with van der Waals surface area (Å²) in [5.74, 6) is 0.694. The van der Waals surface area contributed by atoms with E-state index in [1.807, 2.05) is 24.7 Å². The van der Waals surface area contributed by atoms with Crippen LogP contribution in [0.25, 0.3) is 0 Å². The van der Waals surface area contributed by atoms with E-state index in [9.17, 15) is 4.79 Å². The number of aryl methyl sites for hydroxylation is 2. The summed E-state index contributed by atoms with van der Waals surface area (Å²) in [6.45, 7) is 6.73. The predicted octanol–water partition coefficient (Wildman–Crippen LogP) is 0.710. The van der Waals surface area contributed by atoms with Gasteiger partial charge in [0, 0.05) is 38.7 Å². The van der Waals surface area contributed by atoms with Crippen molar-refractivity contribution < 1.29 is 9.53 Å². The number of ether oxygens (including phenoxy) is 1. The fourth-order valence-electron chi connectivity index (χ4n) is 3.10. The SMILES string of the molecule is CCN1CCO[C@@H](CNC(=O)c2cnc(C)cn2)[C@@H]1c1nccn1C. The minimum absolute atomic E-state index is 0.00292. The molecule has 3 heterocycles. The smallest absolute Gasteiger partial charge is 0.271 e. The normalized spacial score (nSPS) is 21.2. The van der Waals surface area contributed by atoms with Crippen molar-refractivity contribution in [1.82, 2.24) is 29.7 Å². The van der Waals surface area contributed by atoms with Crippen LogP contribution in [0.5, 0.6) is 0 Å². The Kier molecular flexibility index (Phi) is 5.40. The Balaban J connectivity index is 1.71. The Hall–Kier alpha value is -2.32. The number of carbonyl (C=O) groups is 1. The summed E-state index contributed by atoms with van der Waals surface area (Å²) in [4.78, 5) is 27.3. The highest BCUT2D eigenvalue weighted by molar-refractivity contribution is 5.91. The lowest BCUT2D eigenvalue weighted by molar-refractivity contribution is -0.0720. The molecule has 1 aliphatic heterocycles. The maximum Gasteiger partial charge on any atom is 0.271 e. The summed E-state index contributed by atoms with van der Waals surface area (Å²) in [6, 6.07) is 0.00292. The van der Waals surface area contributed by atoms with Crippen LogP contribution >= 0.6 is 0 Å². The number of amides is 1. The Bertz CT molecular complexity index is 714. The molecule has 1 N–H and O–H groups in total. The molecule has 1 aliphatic rings. The lowest BCUT2D eigenvalue weighted by atomic mass is 10.1. The van der Waals surface area contributed by atoms with Gasteiger partial charge in [0.1, 0.15) is 11.5 Å². The minimum Gasteiger partial charge on any atom is -0.373 e. The second-order valence-corrected chi connectivity index (χ2v) is 6.13. The number of aromatic nitrogens is 4. The number of nitrogens with one attached hydrogen (secondary N) is 1. The van der Waals surface area contributed by atoms with Crippen LogP contribution < -0.4 is 5.32 Å². The molecule has 8 nitrogen and oxygen atoms in total. The maximum absolute atomic E-state index is 12.3. The van der Waals surface area contributed by atoms with Crippen LogP contribution in [0.4, 0.5) is 0 Å². The fraction of sp³-hybridized carbons (Fsp3) is 0.529. The van der Waals surface area contributed by atoms with Crippen molar-refractivity contribution >= 4 is 5.91 Å². The molecule has 0 aromatic carbocycles. The lowest BCUT2D eigenvalue weighted by Gasteiger charge is -2.40. The zero-order valence-electron chi connectivity index (χ0n) is 14.8. The van der Waals surface area contributed by atoms with Crippen molar-refractivity contribution in [2.45, 2.75) is 26.0 Å². The summed E-state index contributed by atoms with van der Waals surface area (Å²) in [5.41, 5.74) is 1.09. The molecule has 0 saturated carbocycles. The van der Waals surface area contributed by atoms with Gasteiger partial charge in [-0.3, -0.25) is 14.7 Å². The molecule has 1 fully saturated rings. The van der Waals surface area contributed by atoms with Gasteiger partial charge in [0.15, 0.2) is 0 Å². The van der Waals surface area contributed by atoms with Crippen LogP contribution in [0.1, 0.15) is 35.0 Å². The maximum atomic E-state index is 12.3. The van der Waals surface area contributed by atoms with Crippen LogP contribution in [0, 0.1) is 6.92 Å². The molecule has 0 unspecified atom stereocenters. The number of morpholine rings is 1. The standard InChI is InChI=1S/C17H24N6O2/c1-4-23-7-8-25-14(15(23)16-18-5-6-22(16)3)11-21-17(24)13-10-19-12(2)9-20-13/h5-6,9-10,14-15H,4,7-8,11H2,1-3H3,(H,21,24)/t14-,15+/m0/s1. The number of likely N-dealkylation sites (N-methyl/N-ethyl adjacent to an activating group) is 1. The number of nitrogens with zero attached hydrogens (tertiary/aromatic N) is 5. The molecule has 3 rings (SSSR count). The third kappa shape index (κ3) is 3.85. The van der Waals surface area contributed by atoms with E-state index in [1.54, 1.807) is 12.4 Å². The summed E-state index contributed by atoms with van der Waals surface area (Å²) >= 11 is 0. The Labute approximate surface area is 147 Å². The predicted molar refractivity (Wildman–Crippen MR) is 92.0 cm³/mol. The molecule has 134 valence electrons. The van der Waals surface area contributed by atoms with Gasteiger partial charge in [-0.2, -0.15) is 0 Å². The molecule has 0 bridgehead atoms. The van der Waals surface area contributed by atoms with Gasteiger partial charge in [0.25, 0.3) is 5.91 Å². The first-order valence-corrected chi connectivity index (χ1v) is 8.50. The largest absolute Gasteiger partial charge is 0.373 e. The fourth-order valence-corrected chi connectivity index (χ4v) is 3.10. The first-order valence-electron chi connectivity index (χ1n) is 8.50. The third-order valence-corrected chi connectivity index (χ3v) is 4.46. The van der Waals surface area contributed by atoms with Crippen LogP contribution in [-0.4, -0.2) is 62.7 Å². The summed E-state index contributed by atoms with van der Waals surface area (Å²) < 4.78 is 7.96. The van der Waals surface area contributed by atoms with E-state index < -0.39 is 0 Å². The highest BCUT2D eigenvalue weighted by Gasteiger charge is 2.35. The second-order valence-electron chi connectivity index (χ2n) is 6.13. The van der Waals surface area contributed by atoms with Gasteiger partial charge >= 0.3 is 0 Å². The first-order chi connectivity index (χ1) is 12.1. The Morgan fingerprint density at radius 2 is 2.20 bits per heavy atom. The van der Waals surface area contributed by atoms with E-state index in [0.717, 1.165) is 24.6 Å². The highest BCUT2D eigenvalue weighted by atomic mass is 16.5. The van der Waals surface area contributed by atoms with E-state index in [2.05, 4.69) is 32.1 Å². The zero-order valence-corrected chi connectivity index (χ0v) is 14.8.